The topological polar surface area (TPSA) is 68.0 Å². The lowest BCUT2D eigenvalue weighted by atomic mass is 10.0. The maximum absolute atomic E-state index is 12.0. The van der Waals surface area contributed by atoms with E-state index in [1.165, 1.54) is 0 Å². The number of nitrogens with zero attached hydrogens (tertiary/aromatic N) is 1. The van der Waals surface area contributed by atoms with Crippen molar-refractivity contribution >= 4 is 5.91 Å². The molecule has 0 bridgehead atoms. The molecule has 20 heavy (non-hydrogen) atoms. The van der Waals surface area contributed by atoms with Crippen molar-refractivity contribution in [3.63, 3.8) is 0 Å². The van der Waals surface area contributed by atoms with Crippen LogP contribution in [-0.2, 0) is 4.79 Å². The van der Waals surface area contributed by atoms with Crippen LogP contribution in [-0.4, -0.2) is 10.9 Å². The van der Waals surface area contributed by atoms with Crippen LogP contribution in [0.4, 0.5) is 0 Å². The van der Waals surface area contributed by atoms with Crippen molar-refractivity contribution in [1.82, 2.24) is 10.3 Å². The van der Waals surface area contributed by atoms with E-state index in [0.29, 0.717) is 0 Å². The molecule has 4 nitrogen and oxygen atoms in total. The van der Waals surface area contributed by atoms with Crippen LogP contribution in [0.5, 0.6) is 0 Å². The van der Waals surface area contributed by atoms with Gasteiger partial charge < -0.3 is 11.1 Å². The van der Waals surface area contributed by atoms with Crippen LogP contribution < -0.4 is 11.1 Å². The lowest BCUT2D eigenvalue weighted by Crippen LogP contribution is -2.29. The first kappa shape index (κ1) is 14.2. The number of pyridine rings is 1. The molecule has 0 radical (unpaired) electrons. The van der Waals surface area contributed by atoms with Crippen molar-refractivity contribution in [2.75, 3.05) is 0 Å². The molecule has 0 fully saturated rings. The van der Waals surface area contributed by atoms with Gasteiger partial charge in [0.25, 0.3) is 0 Å². The van der Waals surface area contributed by atoms with Gasteiger partial charge in [-0.3, -0.25) is 9.78 Å². The van der Waals surface area contributed by atoms with Crippen molar-refractivity contribution in [3.8, 4) is 0 Å². The summed E-state index contributed by atoms with van der Waals surface area (Å²) < 4.78 is 0. The summed E-state index contributed by atoms with van der Waals surface area (Å²) in [6, 6.07) is 13.1. The number of benzene rings is 1. The molecule has 0 aliphatic carbocycles. The molecule has 1 amide bonds. The fraction of sp³-hybridized carbons (Fsp3) is 0.250. The standard InChI is InChI=1S/C16H19N3O/c1-12(14-8-5-9-18-11-14)19-16(20)10-15(17)13-6-3-2-4-7-13/h2-9,11-12,15H,10,17H2,1H3,(H,19,20)/t12-,15+/m0/s1. The Kier molecular flexibility index (Phi) is 4.85. The number of carbonyl (C=O) groups excluding carboxylic acids is 1. The Balaban J connectivity index is 1.90. The average molecular weight is 269 g/mol. The van der Waals surface area contributed by atoms with Gasteiger partial charge >= 0.3 is 0 Å². The van der Waals surface area contributed by atoms with Gasteiger partial charge in [0.2, 0.25) is 5.91 Å². The normalized spacial score (nSPS) is 13.5. The fourth-order valence-corrected chi connectivity index (χ4v) is 2.03. The summed E-state index contributed by atoms with van der Waals surface area (Å²) in [5, 5.41) is 2.94. The molecule has 2 aromatic rings. The van der Waals surface area contributed by atoms with E-state index in [2.05, 4.69) is 10.3 Å². The van der Waals surface area contributed by atoms with E-state index in [9.17, 15) is 4.79 Å². The molecule has 3 N–H and O–H groups in total. The molecule has 2 atom stereocenters. The van der Waals surface area contributed by atoms with E-state index < -0.39 is 0 Å². The Morgan fingerprint density at radius 2 is 1.90 bits per heavy atom. The van der Waals surface area contributed by atoms with Gasteiger partial charge in [0.1, 0.15) is 0 Å². The van der Waals surface area contributed by atoms with Gasteiger partial charge in [-0.1, -0.05) is 36.4 Å². The summed E-state index contributed by atoms with van der Waals surface area (Å²) in [5.41, 5.74) is 7.99. The Labute approximate surface area is 119 Å². The van der Waals surface area contributed by atoms with Gasteiger partial charge in [-0.15, -0.1) is 0 Å². The third-order valence-corrected chi connectivity index (χ3v) is 3.19. The second kappa shape index (κ2) is 6.82. The van der Waals surface area contributed by atoms with E-state index in [1.807, 2.05) is 49.4 Å². The summed E-state index contributed by atoms with van der Waals surface area (Å²) in [5.74, 6) is -0.0577. The van der Waals surface area contributed by atoms with Crippen LogP contribution in [0, 0.1) is 0 Å². The van der Waals surface area contributed by atoms with Gasteiger partial charge in [0.05, 0.1) is 6.04 Å². The molecular weight excluding hydrogens is 250 g/mol. The van der Waals surface area contributed by atoms with Crippen LogP contribution >= 0.6 is 0 Å². The van der Waals surface area contributed by atoms with Crippen LogP contribution in [0.3, 0.4) is 0 Å². The second-order valence-electron chi connectivity index (χ2n) is 4.80. The quantitative estimate of drug-likeness (QED) is 0.875. The van der Waals surface area contributed by atoms with E-state index in [4.69, 9.17) is 5.73 Å². The predicted molar refractivity (Wildman–Crippen MR) is 78.8 cm³/mol. The zero-order valence-electron chi connectivity index (χ0n) is 11.5. The van der Waals surface area contributed by atoms with E-state index in [-0.39, 0.29) is 24.4 Å². The maximum Gasteiger partial charge on any atom is 0.222 e. The Hall–Kier alpha value is -2.20. The van der Waals surface area contributed by atoms with E-state index >= 15 is 0 Å². The van der Waals surface area contributed by atoms with E-state index in [1.54, 1.807) is 12.4 Å². The van der Waals surface area contributed by atoms with Crippen LogP contribution in [0.25, 0.3) is 0 Å². The monoisotopic (exact) mass is 269 g/mol. The second-order valence-corrected chi connectivity index (χ2v) is 4.80. The molecule has 4 heteroatoms. The summed E-state index contributed by atoms with van der Waals surface area (Å²) in [6.07, 6.45) is 3.74. The molecule has 1 heterocycles. The third kappa shape index (κ3) is 3.90. The van der Waals surface area contributed by atoms with Gasteiger partial charge in [0, 0.05) is 24.9 Å². The Morgan fingerprint density at radius 1 is 1.20 bits per heavy atom. The zero-order valence-corrected chi connectivity index (χ0v) is 11.5. The summed E-state index contributed by atoms with van der Waals surface area (Å²) >= 11 is 0. The number of amides is 1. The maximum atomic E-state index is 12.0. The van der Waals surface area contributed by atoms with Gasteiger partial charge in [-0.05, 0) is 24.1 Å². The lowest BCUT2D eigenvalue weighted by molar-refractivity contribution is -0.122. The highest BCUT2D eigenvalue weighted by Gasteiger charge is 2.14. The first-order valence-corrected chi connectivity index (χ1v) is 6.66. The summed E-state index contributed by atoms with van der Waals surface area (Å²) in [6.45, 7) is 1.93. The molecule has 0 saturated heterocycles. The SMILES string of the molecule is C[C@H](NC(=O)C[C@@H](N)c1ccccc1)c1cccnc1. The molecule has 0 unspecified atom stereocenters. The van der Waals surface area contributed by atoms with Gasteiger partial charge in [0.15, 0.2) is 0 Å². The number of aromatic nitrogens is 1. The number of hydrogen-bond acceptors (Lipinski definition) is 3. The molecular formula is C16H19N3O. The Morgan fingerprint density at radius 3 is 2.55 bits per heavy atom. The van der Waals surface area contributed by atoms with Gasteiger partial charge in [-0.2, -0.15) is 0 Å². The number of carbonyl (C=O) groups is 1. The van der Waals surface area contributed by atoms with Crippen molar-refractivity contribution < 1.29 is 4.79 Å². The van der Waals surface area contributed by atoms with E-state index in [0.717, 1.165) is 11.1 Å². The molecule has 0 saturated carbocycles. The third-order valence-electron chi connectivity index (χ3n) is 3.19. The number of rotatable bonds is 5. The van der Waals surface area contributed by atoms with Crippen molar-refractivity contribution in [2.24, 2.45) is 5.73 Å². The van der Waals surface area contributed by atoms with Crippen molar-refractivity contribution in [3.05, 3.63) is 66.0 Å². The molecule has 1 aromatic heterocycles. The lowest BCUT2D eigenvalue weighted by Gasteiger charge is -2.16. The number of hydrogen-bond donors (Lipinski definition) is 2. The van der Waals surface area contributed by atoms with Crippen molar-refractivity contribution in [2.45, 2.75) is 25.4 Å². The molecule has 104 valence electrons. The molecule has 0 aliphatic heterocycles. The predicted octanol–water partition coefficient (Wildman–Crippen LogP) is 2.35. The zero-order chi connectivity index (χ0) is 14.4. The first-order valence-electron chi connectivity index (χ1n) is 6.66. The minimum Gasteiger partial charge on any atom is -0.349 e. The van der Waals surface area contributed by atoms with Crippen LogP contribution in [0.15, 0.2) is 54.9 Å². The summed E-state index contributed by atoms with van der Waals surface area (Å²) in [7, 11) is 0. The fourth-order valence-electron chi connectivity index (χ4n) is 2.03. The van der Waals surface area contributed by atoms with Crippen LogP contribution in [0.1, 0.15) is 36.6 Å². The highest BCUT2D eigenvalue weighted by atomic mass is 16.1. The molecule has 0 spiro atoms. The average Bonchev–Trinajstić information content (AvgIpc) is 2.49. The smallest absolute Gasteiger partial charge is 0.222 e. The minimum atomic E-state index is -0.280. The molecule has 1 aromatic carbocycles. The molecule has 0 aliphatic rings. The first-order chi connectivity index (χ1) is 9.66. The van der Waals surface area contributed by atoms with Gasteiger partial charge in [-0.25, -0.2) is 0 Å². The highest BCUT2D eigenvalue weighted by molar-refractivity contribution is 5.77. The largest absolute Gasteiger partial charge is 0.349 e. The Bertz CT molecular complexity index is 493. The number of nitrogens with one attached hydrogen (secondary N) is 1. The molecule has 2 rings (SSSR count). The summed E-state index contributed by atoms with van der Waals surface area (Å²) in [4.78, 5) is 16.0. The van der Waals surface area contributed by atoms with Crippen molar-refractivity contribution in [1.29, 1.82) is 0 Å². The number of nitrogens with two attached hydrogens (primary N) is 1. The van der Waals surface area contributed by atoms with Crippen LogP contribution in [0.2, 0.25) is 0 Å². The minimum absolute atomic E-state index is 0.0577. The highest BCUT2D eigenvalue weighted by Crippen LogP contribution is 2.15.